The Hall–Kier alpha value is -4.28. The molecule has 9 nitrogen and oxygen atoms in total. The molecule has 0 aliphatic carbocycles. The summed E-state index contributed by atoms with van der Waals surface area (Å²) >= 11 is 6.00. The van der Waals surface area contributed by atoms with Crippen molar-refractivity contribution in [3.63, 3.8) is 0 Å². The first kappa shape index (κ1) is 26.8. The van der Waals surface area contributed by atoms with Gasteiger partial charge in [-0.05, 0) is 56.6 Å². The second-order valence-corrected chi connectivity index (χ2v) is 9.27. The smallest absolute Gasteiger partial charge is 0.247 e. The molecule has 4 aromatic rings. The molecule has 2 heterocycles. The quantitative estimate of drug-likeness (QED) is 0.220. The molecule has 2 N–H and O–H groups in total. The largest absolute Gasteiger partial charge is 0.372 e. The molecule has 0 saturated heterocycles. The Balaban J connectivity index is 1.71. The van der Waals surface area contributed by atoms with Crippen LogP contribution in [-0.2, 0) is 4.79 Å². The normalized spacial score (nSPS) is 11.0. The van der Waals surface area contributed by atoms with E-state index in [1.54, 1.807) is 41.2 Å². The maximum Gasteiger partial charge on any atom is 0.247 e. The van der Waals surface area contributed by atoms with Gasteiger partial charge in [-0.2, -0.15) is 4.98 Å². The van der Waals surface area contributed by atoms with Crippen LogP contribution in [0.5, 0.6) is 0 Å². The Morgan fingerprint density at radius 3 is 2.66 bits per heavy atom. The first-order chi connectivity index (χ1) is 18.2. The monoisotopic (exact) mass is 535 g/mol. The number of hydrogen-bond donors (Lipinski definition) is 2. The maximum absolute atomic E-state index is 13.9. The number of nitrogens with zero attached hydrogens (tertiary/aromatic N) is 5. The van der Waals surface area contributed by atoms with Gasteiger partial charge in [0.25, 0.3) is 0 Å². The minimum Gasteiger partial charge on any atom is -0.372 e. The minimum absolute atomic E-state index is 0.00483. The number of aromatic nitrogens is 3. The molecule has 1 amide bonds. The first-order valence-electron chi connectivity index (χ1n) is 11.7. The summed E-state index contributed by atoms with van der Waals surface area (Å²) in [6, 6.07) is 9.71. The first-order valence-corrected chi connectivity index (χ1v) is 12.1. The van der Waals surface area contributed by atoms with E-state index in [0.717, 1.165) is 12.8 Å². The third-order valence-electron chi connectivity index (χ3n) is 5.90. The average Bonchev–Trinajstić information content (AvgIpc) is 3.30. The number of nitrogens with one attached hydrogen (secondary N) is 2. The summed E-state index contributed by atoms with van der Waals surface area (Å²) in [7, 11) is 5.82. The fraction of sp³-hybridized carbons (Fsp3) is 0.185. The summed E-state index contributed by atoms with van der Waals surface area (Å²) in [6.45, 7) is 4.96. The lowest BCUT2D eigenvalue weighted by atomic mass is 10.1. The van der Waals surface area contributed by atoms with Gasteiger partial charge in [0.1, 0.15) is 11.6 Å². The number of halogens is 2. The zero-order valence-corrected chi connectivity index (χ0v) is 22.0. The number of likely N-dealkylation sites (N-methyl/N-ethyl adjacent to an activating group) is 2. The molecular weight excluding hydrogens is 509 g/mol. The van der Waals surface area contributed by atoms with Crippen molar-refractivity contribution in [1.82, 2.24) is 19.4 Å². The third kappa shape index (κ3) is 5.82. The van der Waals surface area contributed by atoms with E-state index in [1.807, 2.05) is 30.9 Å². The lowest BCUT2D eigenvalue weighted by Crippen LogP contribution is -2.29. The van der Waals surface area contributed by atoms with Gasteiger partial charge in [-0.25, -0.2) is 9.37 Å². The molecule has 0 unspecified atom stereocenters. The fourth-order valence-electron chi connectivity index (χ4n) is 3.87. The summed E-state index contributed by atoms with van der Waals surface area (Å²) in [5.74, 6) is -0.160. The van der Waals surface area contributed by atoms with Gasteiger partial charge < -0.3 is 25.0 Å². The van der Waals surface area contributed by atoms with Crippen LogP contribution >= 0.6 is 11.6 Å². The van der Waals surface area contributed by atoms with Crippen molar-refractivity contribution in [2.45, 2.75) is 0 Å². The van der Waals surface area contributed by atoms with E-state index in [4.69, 9.17) is 11.6 Å². The Labute approximate surface area is 224 Å². The van der Waals surface area contributed by atoms with E-state index in [0.29, 0.717) is 45.9 Å². The summed E-state index contributed by atoms with van der Waals surface area (Å²) in [6.07, 6.45) is 5.22. The van der Waals surface area contributed by atoms with Crippen LogP contribution in [0.2, 0.25) is 5.02 Å². The molecule has 0 atom stereocenters. The molecule has 11 heteroatoms. The van der Waals surface area contributed by atoms with Gasteiger partial charge in [0.2, 0.25) is 11.9 Å². The van der Waals surface area contributed by atoms with Crippen LogP contribution < -0.4 is 15.5 Å². The number of fused-ring (bicyclic) bond motifs is 1. The van der Waals surface area contributed by atoms with Crippen molar-refractivity contribution in [1.29, 1.82) is 0 Å². The molecule has 38 heavy (non-hydrogen) atoms. The fourth-order valence-corrected chi connectivity index (χ4v) is 4.03. The maximum atomic E-state index is 13.9. The van der Waals surface area contributed by atoms with Gasteiger partial charge in [0.15, 0.2) is 6.29 Å². The van der Waals surface area contributed by atoms with Crippen molar-refractivity contribution < 1.29 is 14.0 Å². The molecular formula is C27H27ClFN7O2. The molecule has 4 rings (SSSR count). The van der Waals surface area contributed by atoms with Crippen molar-refractivity contribution >= 4 is 57.7 Å². The molecule has 0 aliphatic heterocycles. The molecule has 2 aromatic carbocycles. The molecule has 0 fully saturated rings. The highest BCUT2D eigenvalue weighted by atomic mass is 35.5. The van der Waals surface area contributed by atoms with Gasteiger partial charge in [0.05, 0.1) is 27.6 Å². The highest BCUT2D eigenvalue weighted by Gasteiger charge is 2.16. The Morgan fingerprint density at radius 2 is 1.95 bits per heavy atom. The van der Waals surface area contributed by atoms with E-state index in [-0.39, 0.29) is 16.9 Å². The zero-order chi connectivity index (χ0) is 27.4. The zero-order valence-electron chi connectivity index (χ0n) is 21.2. The predicted molar refractivity (Wildman–Crippen MR) is 150 cm³/mol. The summed E-state index contributed by atoms with van der Waals surface area (Å²) in [5, 5.41) is 6.57. The number of carbonyl (C=O) groups excluding carboxylic acids is 2. The number of carbonyl (C=O) groups is 2. The van der Waals surface area contributed by atoms with Crippen LogP contribution in [-0.4, -0.2) is 65.9 Å². The predicted octanol–water partition coefficient (Wildman–Crippen LogP) is 4.89. The third-order valence-corrected chi connectivity index (χ3v) is 6.19. The molecule has 0 spiro atoms. The number of rotatable bonds is 10. The SMILES string of the molecule is C=CC(=O)Nc1cc(Nc2nccc(-n3ccc4cc(F)c(Cl)cc43)n2)c(C=O)cc1N(C)CCN(C)C. The van der Waals surface area contributed by atoms with Crippen LogP contribution in [0.3, 0.4) is 0 Å². The topological polar surface area (TPSA) is 95.4 Å². The van der Waals surface area contributed by atoms with E-state index >= 15 is 0 Å². The Bertz CT molecular complexity index is 1520. The minimum atomic E-state index is -0.501. The van der Waals surface area contributed by atoms with Crippen molar-refractivity contribution in [2.24, 2.45) is 0 Å². The number of aldehydes is 1. The number of anilines is 4. The number of amides is 1. The van der Waals surface area contributed by atoms with Crippen molar-refractivity contribution in [2.75, 3.05) is 49.8 Å². The molecule has 0 saturated carbocycles. The Kier molecular flexibility index (Phi) is 8.04. The van der Waals surface area contributed by atoms with Crippen molar-refractivity contribution in [3.8, 4) is 5.82 Å². The van der Waals surface area contributed by atoms with Crippen LogP contribution in [0.4, 0.5) is 27.4 Å². The van der Waals surface area contributed by atoms with E-state index < -0.39 is 5.82 Å². The van der Waals surface area contributed by atoms with E-state index in [1.165, 1.54) is 18.2 Å². The van der Waals surface area contributed by atoms with E-state index in [9.17, 15) is 14.0 Å². The molecule has 0 bridgehead atoms. The van der Waals surface area contributed by atoms with Gasteiger partial charge >= 0.3 is 0 Å². The summed E-state index contributed by atoms with van der Waals surface area (Å²) in [5.41, 5.74) is 2.61. The highest BCUT2D eigenvalue weighted by Crippen LogP contribution is 2.33. The lowest BCUT2D eigenvalue weighted by molar-refractivity contribution is -0.111. The molecule has 2 aromatic heterocycles. The average molecular weight is 536 g/mol. The van der Waals surface area contributed by atoms with Gasteiger partial charge in [-0.3, -0.25) is 9.59 Å². The van der Waals surface area contributed by atoms with Crippen LogP contribution in [0.1, 0.15) is 10.4 Å². The lowest BCUT2D eigenvalue weighted by Gasteiger charge is -2.25. The number of benzene rings is 2. The summed E-state index contributed by atoms with van der Waals surface area (Å²) in [4.78, 5) is 37.1. The van der Waals surface area contributed by atoms with Crippen LogP contribution in [0.25, 0.3) is 16.7 Å². The van der Waals surface area contributed by atoms with E-state index in [2.05, 4.69) is 27.2 Å². The summed E-state index contributed by atoms with van der Waals surface area (Å²) < 4.78 is 15.6. The van der Waals surface area contributed by atoms with Crippen LogP contribution in [0, 0.1) is 5.82 Å². The number of hydrogen-bond acceptors (Lipinski definition) is 7. The standard InChI is InChI=1S/C27H27ClFN7O2/c1-5-26(38)31-22-15-21(18(16-37)13-24(22)35(4)11-10-34(2)3)32-27-30-8-6-25(33-27)36-9-7-17-12-20(29)19(28)14-23(17)36/h5-9,12-16H,1,10-11H2,2-4H3,(H,31,38)(H,30,32,33). The molecule has 196 valence electrons. The van der Waals surface area contributed by atoms with Crippen LogP contribution in [0.15, 0.2) is 61.4 Å². The van der Waals surface area contributed by atoms with Crippen molar-refractivity contribution in [3.05, 3.63) is 77.9 Å². The van der Waals surface area contributed by atoms with Gasteiger partial charge in [0, 0.05) is 43.5 Å². The van der Waals surface area contributed by atoms with Gasteiger partial charge in [-0.15, -0.1) is 0 Å². The second-order valence-electron chi connectivity index (χ2n) is 8.87. The van der Waals surface area contributed by atoms with Gasteiger partial charge in [-0.1, -0.05) is 18.2 Å². The Morgan fingerprint density at radius 1 is 1.16 bits per heavy atom. The second kappa shape index (κ2) is 11.4. The molecule has 0 radical (unpaired) electrons. The molecule has 0 aliphatic rings. The highest BCUT2D eigenvalue weighted by molar-refractivity contribution is 6.31.